The quantitative estimate of drug-likeness (QED) is 0.152. The van der Waals surface area contributed by atoms with Crippen LogP contribution in [0.2, 0.25) is 0 Å². The maximum absolute atomic E-state index is 12.6. The second-order valence-corrected chi connectivity index (χ2v) is 11.7. The van der Waals surface area contributed by atoms with Crippen LogP contribution >= 0.6 is 11.8 Å². The van der Waals surface area contributed by atoms with Gasteiger partial charge in [0.15, 0.2) is 0 Å². The molecule has 1 saturated heterocycles. The number of aryl methyl sites for hydroxylation is 1. The van der Waals surface area contributed by atoms with E-state index in [0.29, 0.717) is 19.8 Å². The van der Waals surface area contributed by atoms with E-state index < -0.39 is 29.9 Å². The van der Waals surface area contributed by atoms with E-state index in [0.717, 1.165) is 21.6 Å². The molecule has 0 bridgehead atoms. The third kappa shape index (κ3) is 9.02. The standard InChI is InChI=1S/C36H38O6S/c1-26-18-20-30(21-19-26)43-36-35(41-25-29-16-10-5-11-17-29)34(40-24-28-14-8-4-9-15-28)33(31(42-36)22-32(37)38-2)39-23-27-12-6-3-7-13-27/h3-21,31,33-36H,22-25H2,1-2H3/t31-,33-,34+,35-,36+/m1/s1. The third-order valence-electron chi connectivity index (χ3n) is 7.32. The predicted octanol–water partition coefficient (Wildman–Crippen LogP) is 7.13. The van der Waals surface area contributed by atoms with E-state index in [9.17, 15) is 4.79 Å². The largest absolute Gasteiger partial charge is 0.469 e. The van der Waals surface area contributed by atoms with E-state index in [1.165, 1.54) is 12.7 Å². The van der Waals surface area contributed by atoms with Crippen LogP contribution < -0.4 is 0 Å². The zero-order valence-electron chi connectivity index (χ0n) is 24.5. The Morgan fingerprint density at radius 3 is 1.60 bits per heavy atom. The second kappa shape index (κ2) is 15.8. The first-order valence-corrected chi connectivity index (χ1v) is 15.4. The Hall–Kier alpha value is -3.46. The van der Waals surface area contributed by atoms with Crippen molar-refractivity contribution < 1.29 is 28.5 Å². The highest BCUT2D eigenvalue weighted by molar-refractivity contribution is 7.99. The molecule has 43 heavy (non-hydrogen) atoms. The summed E-state index contributed by atoms with van der Waals surface area (Å²) in [5.74, 6) is -0.372. The zero-order valence-corrected chi connectivity index (χ0v) is 25.4. The molecule has 0 aromatic heterocycles. The van der Waals surface area contributed by atoms with E-state index in [2.05, 4.69) is 31.2 Å². The fraction of sp³-hybridized carbons (Fsp3) is 0.306. The van der Waals surface area contributed by atoms with Crippen molar-refractivity contribution in [1.82, 2.24) is 0 Å². The number of esters is 1. The highest BCUT2D eigenvalue weighted by Gasteiger charge is 2.49. The Kier molecular flexibility index (Phi) is 11.4. The van der Waals surface area contributed by atoms with Crippen molar-refractivity contribution in [3.05, 3.63) is 138 Å². The minimum atomic E-state index is -0.614. The first-order chi connectivity index (χ1) is 21.1. The lowest BCUT2D eigenvalue weighted by atomic mass is 9.96. The van der Waals surface area contributed by atoms with Gasteiger partial charge < -0.3 is 23.7 Å². The zero-order chi connectivity index (χ0) is 29.9. The molecule has 0 amide bonds. The average Bonchev–Trinajstić information content (AvgIpc) is 3.05. The van der Waals surface area contributed by atoms with Crippen LogP contribution in [-0.2, 0) is 48.3 Å². The minimum absolute atomic E-state index is 0.0253. The van der Waals surface area contributed by atoms with Crippen molar-refractivity contribution in [2.75, 3.05) is 7.11 Å². The molecule has 0 aliphatic carbocycles. The lowest BCUT2D eigenvalue weighted by Gasteiger charge is -2.46. The smallest absolute Gasteiger partial charge is 0.308 e. The molecule has 5 rings (SSSR count). The number of thioether (sulfide) groups is 1. The first-order valence-electron chi connectivity index (χ1n) is 14.5. The Morgan fingerprint density at radius 1 is 0.651 bits per heavy atom. The van der Waals surface area contributed by atoms with E-state index >= 15 is 0 Å². The molecule has 7 heteroatoms. The van der Waals surface area contributed by atoms with Crippen LogP contribution in [0, 0.1) is 6.92 Å². The molecule has 224 valence electrons. The van der Waals surface area contributed by atoms with E-state index in [1.54, 1.807) is 11.8 Å². The summed E-state index contributed by atoms with van der Waals surface area (Å²) < 4.78 is 31.7. The van der Waals surface area contributed by atoms with Crippen LogP contribution in [0.3, 0.4) is 0 Å². The van der Waals surface area contributed by atoms with Gasteiger partial charge >= 0.3 is 5.97 Å². The van der Waals surface area contributed by atoms with Gasteiger partial charge in [0.1, 0.15) is 23.7 Å². The molecule has 1 aliphatic heterocycles. The molecule has 1 fully saturated rings. The molecule has 6 nitrogen and oxygen atoms in total. The molecule has 4 aromatic carbocycles. The summed E-state index contributed by atoms with van der Waals surface area (Å²) in [5, 5.41) is 0. The molecular formula is C36H38O6S. The van der Waals surface area contributed by atoms with Crippen LogP contribution in [0.1, 0.15) is 28.7 Å². The summed E-state index contributed by atoms with van der Waals surface area (Å²) in [6.45, 7) is 3.12. The van der Waals surface area contributed by atoms with Gasteiger partial charge in [-0.15, -0.1) is 0 Å². The van der Waals surface area contributed by atoms with Crippen LogP contribution in [0.25, 0.3) is 0 Å². The van der Waals surface area contributed by atoms with E-state index in [-0.39, 0.29) is 12.4 Å². The molecule has 0 unspecified atom stereocenters. The van der Waals surface area contributed by atoms with Gasteiger partial charge in [0.25, 0.3) is 0 Å². The van der Waals surface area contributed by atoms with Gasteiger partial charge in [-0.25, -0.2) is 0 Å². The van der Waals surface area contributed by atoms with Crippen LogP contribution in [0.15, 0.2) is 120 Å². The lowest BCUT2D eigenvalue weighted by Crippen LogP contribution is -2.59. The Labute approximate surface area is 258 Å². The summed E-state index contributed by atoms with van der Waals surface area (Å²) in [6, 6.07) is 38.3. The fourth-order valence-corrected chi connectivity index (χ4v) is 6.13. The van der Waals surface area contributed by atoms with Gasteiger partial charge in [0.2, 0.25) is 0 Å². The SMILES string of the molecule is COC(=O)C[C@H]1O[C@@H](Sc2ccc(C)cc2)[C@H](OCc2ccccc2)[C@@H](OCc2ccccc2)[C@@H]1OCc1ccccc1. The predicted molar refractivity (Wildman–Crippen MR) is 167 cm³/mol. The first kappa shape index (κ1) is 31.0. The Morgan fingerprint density at radius 2 is 1.12 bits per heavy atom. The number of rotatable bonds is 13. The van der Waals surface area contributed by atoms with E-state index in [1.807, 2.05) is 91.0 Å². The average molecular weight is 599 g/mol. The van der Waals surface area contributed by atoms with Crippen LogP contribution in [-0.4, -0.2) is 42.9 Å². The number of hydrogen-bond donors (Lipinski definition) is 0. The van der Waals surface area contributed by atoms with Crippen molar-refractivity contribution in [2.24, 2.45) is 0 Å². The second-order valence-electron chi connectivity index (χ2n) is 10.5. The van der Waals surface area contributed by atoms with Gasteiger partial charge in [0.05, 0.1) is 39.5 Å². The summed E-state index contributed by atoms with van der Waals surface area (Å²) in [4.78, 5) is 13.7. The van der Waals surface area contributed by atoms with Gasteiger partial charge in [-0.3, -0.25) is 4.79 Å². The maximum atomic E-state index is 12.6. The number of carbonyl (C=O) groups excluding carboxylic acids is 1. The summed E-state index contributed by atoms with van der Waals surface area (Å²) in [5.41, 5.74) is 3.79. The highest BCUT2D eigenvalue weighted by atomic mass is 32.2. The van der Waals surface area contributed by atoms with Crippen LogP contribution in [0.5, 0.6) is 0 Å². The molecule has 0 saturated carbocycles. The maximum Gasteiger partial charge on any atom is 0.308 e. The summed E-state index contributed by atoms with van der Waals surface area (Å²) in [6.07, 6.45) is -2.24. The fourth-order valence-electron chi connectivity index (χ4n) is 5.00. The Bertz CT molecular complexity index is 1380. The molecule has 0 spiro atoms. The number of ether oxygens (including phenoxy) is 5. The van der Waals surface area contributed by atoms with Crippen molar-refractivity contribution >= 4 is 17.7 Å². The van der Waals surface area contributed by atoms with Crippen molar-refractivity contribution in [3.63, 3.8) is 0 Å². The number of benzene rings is 4. The van der Waals surface area contributed by atoms with Crippen molar-refractivity contribution in [1.29, 1.82) is 0 Å². The summed E-state index contributed by atoms with van der Waals surface area (Å²) >= 11 is 1.56. The topological polar surface area (TPSA) is 63.2 Å². The van der Waals surface area contributed by atoms with Gasteiger partial charge in [0, 0.05) is 4.90 Å². The molecule has 0 N–H and O–H groups in total. The number of carbonyl (C=O) groups is 1. The normalized spacial score (nSPS) is 21.8. The monoisotopic (exact) mass is 598 g/mol. The number of methoxy groups -OCH3 is 1. The molecule has 5 atom stereocenters. The molecular weight excluding hydrogens is 560 g/mol. The summed E-state index contributed by atoms with van der Waals surface area (Å²) in [7, 11) is 1.39. The Balaban J connectivity index is 1.49. The van der Waals surface area contributed by atoms with Gasteiger partial charge in [-0.1, -0.05) is 120 Å². The molecule has 1 heterocycles. The van der Waals surface area contributed by atoms with E-state index in [4.69, 9.17) is 23.7 Å². The molecule has 1 aliphatic rings. The molecule has 0 radical (unpaired) electrons. The number of hydrogen-bond acceptors (Lipinski definition) is 7. The third-order valence-corrected chi connectivity index (χ3v) is 8.47. The molecule has 4 aromatic rings. The lowest BCUT2D eigenvalue weighted by molar-refractivity contribution is -0.248. The van der Waals surface area contributed by atoms with Crippen LogP contribution in [0.4, 0.5) is 0 Å². The van der Waals surface area contributed by atoms with Crippen molar-refractivity contribution in [3.8, 4) is 0 Å². The highest BCUT2D eigenvalue weighted by Crippen LogP contribution is 2.39. The van der Waals surface area contributed by atoms with Crippen molar-refractivity contribution in [2.45, 2.75) is 67.9 Å². The van der Waals surface area contributed by atoms with Gasteiger partial charge in [-0.2, -0.15) is 0 Å². The minimum Gasteiger partial charge on any atom is -0.469 e. The van der Waals surface area contributed by atoms with Gasteiger partial charge in [-0.05, 0) is 35.7 Å².